The van der Waals surface area contributed by atoms with Gasteiger partial charge in [0.05, 0.1) is 22.5 Å². The molecule has 0 spiro atoms. The van der Waals surface area contributed by atoms with Crippen LogP contribution in [0.25, 0.3) is 5.69 Å². The highest BCUT2D eigenvalue weighted by Gasteiger charge is 2.33. The van der Waals surface area contributed by atoms with Crippen LogP contribution in [0, 0.1) is 0 Å². The maximum absolute atomic E-state index is 12.9. The number of nitrogens with two attached hydrogens (primary N) is 1. The summed E-state index contributed by atoms with van der Waals surface area (Å²) in [5.41, 5.74) is 6.19. The van der Waals surface area contributed by atoms with E-state index >= 15 is 0 Å². The molecule has 4 N–H and O–H groups in total. The molecule has 3 heterocycles. The Balaban J connectivity index is 1.59. The summed E-state index contributed by atoms with van der Waals surface area (Å²) < 4.78 is 7.38. The van der Waals surface area contributed by atoms with Crippen molar-refractivity contribution in [3.63, 3.8) is 0 Å². The number of benzene rings is 1. The van der Waals surface area contributed by atoms with Gasteiger partial charge in [-0.3, -0.25) is 24.3 Å². The number of amides is 3. The number of piperidine rings is 1. The maximum Gasteiger partial charge on any atom is 0.410 e. The first-order valence-electron chi connectivity index (χ1n) is 10.9. The summed E-state index contributed by atoms with van der Waals surface area (Å²) in [5, 5.41) is 5.61. The fourth-order valence-electron chi connectivity index (χ4n) is 4.09. The van der Waals surface area contributed by atoms with Gasteiger partial charge in [-0.15, -0.1) is 0 Å². The molecule has 0 radical (unpaired) electrons. The molecule has 2 aliphatic rings. The van der Waals surface area contributed by atoms with Gasteiger partial charge in [-0.1, -0.05) is 15.9 Å². The number of carbonyl (C=O) groups is 3. The van der Waals surface area contributed by atoms with Crippen molar-refractivity contribution >= 4 is 45.3 Å². The SMILES string of the molecule is CC(C)(C)OC(=O)N1CCC(Nc2ccc(Br)cc2-n2c(N)c3c(cc2=O)C(=O)NC3=O)CC1. The molecule has 11 heteroatoms. The Kier molecular flexibility index (Phi) is 6.15. The van der Waals surface area contributed by atoms with E-state index in [1.54, 1.807) is 11.0 Å². The number of nitrogens with zero attached hydrogens (tertiary/aromatic N) is 2. The number of imide groups is 1. The van der Waals surface area contributed by atoms with Gasteiger partial charge in [0, 0.05) is 29.7 Å². The lowest BCUT2D eigenvalue weighted by atomic mass is 10.0. The molecule has 180 valence electrons. The van der Waals surface area contributed by atoms with Crippen molar-refractivity contribution in [2.24, 2.45) is 0 Å². The minimum absolute atomic E-state index is 0.0128. The Morgan fingerprint density at radius 3 is 2.47 bits per heavy atom. The van der Waals surface area contributed by atoms with E-state index in [9.17, 15) is 19.2 Å². The normalized spacial score (nSPS) is 16.3. The van der Waals surface area contributed by atoms with Gasteiger partial charge in [-0.05, 0) is 51.8 Å². The van der Waals surface area contributed by atoms with Gasteiger partial charge in [0.15, 0.2) is 0 Å². The van der Waals surface area contributed by atoms with E-state index in [4.69, 9.17) is 10.5 Å². The molecule has 10 nitrogen and oxygen atoms in total. The predicted molar refractivity (Wildman–Crippen MR) is 130 cm³/mol. The predicted octanol–water partition coefficient (Wildman–Crippen LogP) is 2.88. The number of fused-ring (bicyclic) bond motifs is 1. The summed E-state index contributed by atoms with van der Waals surface area (Å²) in [4.78, 5) is 51.2. The van der Waals surface area contributed by atoms with E-state index in [1.807, 2.05) is 32.9 Å². The lowest BCUT2D eigenvalue weighted by Gasteiger charge is -2.34. The van der Waals surface area contributed by atoms with Crippen LogP contribution in [-0.2, 0) is 4.74 Å². The van der Waals surface area contributed by atoms with Gasteiger partial charge < -0.3 is 20.7 Å². The zero-order chi connectivity index (χ0) is 24.8. The van der Waals surface area contributed by atoms with Crippen molar-refractivity contribution in [2.75, 3.05) is 24.1 Å². The number of halogens is 1. The summed E-state index contributed by atoms with van der Waals surface area (Å²) >= 11 is 3.42. The molecule has 34 heavy (non-hydrogen) atoms. The van der Waals surface area contributed by atoms with E-state index in [0.29, 0.717) is 41.8 Å². The Labute approximate surface area is 204 Å². The van der Waals surface area contributed by atoms with E-state index in [-0.39, 0.29) is 29.1 Å². The first kappa shape index (κ1) is 23.8. The number of anilines is 2. The zero-order valence-electron chi connectivity index (χ0n) is 19.1. The highest BCUT2D eigenvalue weighted by atomic mass is 79.9. The first-order valence-corrected chi connectivity index (χ1v) is 11.7. The van der Waals surface area contributed by atoms with Crippen LogP contribution in [-0.4, -0.2) is 52.1 Å². The number of ether oxygens (including phenoxy) is 1. The van der Waals surface area contributed by atoms with Crippen molar-refractivity contribution < 1.29 is 19.1 Å². The molecule has 1 aromatic heterocycles. The molecule has 0 saturated carbocycles. The quantitative estimate of drug-likeness (QED) is 0.518. The summed E-state index contributed by atoms with van der Waals surface area (Å²) in [5.74, 6) is -1.38. The van der Waals surface area contributed by atoms with Crippen LogP contribution in [0.2, 0.25) is 0 Å². The summed E-state index contributed by atoms with van der Waals surface area (Å²) in [6.07, 6.45) is 1.03. The number of hydrogen-bond donors (Lipinski definition) is 3. The third-order valence-corrected chi connectivity index (χ3v) is 6.15. The van der Waals surface area contributed by atoms with Gasteiger partial charge in [-0.2, -0.15) is 0 Å². The topological polar surface area (TPSA) is 136 Å². The van der Waals surface area contributed by atoms with Crippen LogP contribution >= 0.6 is 15.9 Å². The van der Waals surface area contributed by atoms with Crippen LogP contribution in [0.3, 0.4) is 0 Å². The highest BCUT2D eigenvalue weighted by Crippen LogP contribution is 2.30. The summed E-state index contributed by atoms with van der Waals surface area (Å²) in [6.45, 7) is 6.56. The molecule has 0 atom stereocenters. The summed E-state index contributed by atoms with van der Waals surface area (Å²) in [6, 6.07) is 6.51. The number of carbonyl (C=O) groups excluding carboxylic acids is 3. The fraction of sp³-hybridized carbons (Fsp3) is 0.391. The Morgan fingerprint density at radius 2 is 1.82 bits per heavy atom. The molecular weight excluding hydrogens is 506 g/mol. The zero-order valence-corrected chi connectivity index (χ0v) is 20.7. The molecule has 0 unspecified atom stereocenters. The van der Waals surface area contributed by atoms with Crippen LogP contribution in [0.1, 0.15) is 54.3 Å². The van der Waals surface area contributed by atoms with Crippen molar-refractivity contribution in [1.82, 2.24) is 14.8 Å². The van der Waals surface area contributed by atoms with Crippen molar-refractivity contribution in [3.05, 3.63) is 50.2 Å². The van der Waals surface area contributed by atoms with Gasteiger partial charge in [0.1, 0.15) is 11.4 Å². The number of rotatable bonds is 3. The summed E-state index contributed by atoms with van der Waals surface area (Å²) in [7, 11) is 0. The molecule has 0 bridgehead atoms. The monoisotopic (exact) mass is 531 g/mol. The minimum Gasteiger partial charge on any atom is -0.444 e. The molecule has 2 aromatic rings. The lowest BCUT2D eigenvalue weighted by Crippen LogP contribution is -2.44. The van der Waals surface area contributed by atoms with Crippen LogP contribution < -0.4 is 21.9 Å². The molecule has 1 saturated heterocycles. The van der Waals surface area contributed by atoms with Gasteiger partial charge in [0.2, 0.25) is 0 Å². The lowest BCUT2D eigenvalue weighted by molar-refractivity contribution is 0.0210. The van der Waals surface area contributed by atoms with Crippen molar-refractivity contribution in [1.29, 1.82) is 0 Å². The molecular formula is C23H26BrN5O5. The van der Waals surface area contributed by atoms with E-state index < -0.39 is 23.0 Å². The molecule has 4 rings (SSSR count). The molecule has 2 aliphatic heterocycles. The highest BCUT2D eigenvalue weighted by molar-refractivity contribution is 9.10. The average Bonchev–Trinajstić information content (AvgIpc) is 3.02. The Morgan fingerprint density at radius 1 is 1.15 bits per heavy atom. The largest absolute Gasteiger partial charge is 0.444 e. The van der Waals surface area contributed by atoms with Gasteiger partial charge >= 0.3 is 6.09 Å². The standard InChI is InChI=1S/C23H26BrN5O5/c1-23(2,3)34-22(33)28-8-6-13(7-9-28)26-15-5-4-12(24)10-16(15)29-17(30)11-14-18(19(29)25)21(32)27-20(14)31/h4-5,10-11,13,26H,6-9,25H2,1-3H3,(H,27,31,32). The van der Waals surface area contributed by atoms with Crippen LogP contribution in [0.15, 0.2) is 33.5 Å². The van der Waals surface area contributed by atoms with Crippen LogP contribution in [0.5, 0.6) is 0 Å². The second-order valence-electron chi connectivity index (χ2n) is 9.32. The van der Waals surface area contributed by atoms with Gasteiger partial charge in [0.25, 0.3) is 17.4 Å². The smallest absolute Gasteiger partial charge is 0.410 e. The maximum atomic E-state index is 12.9. The van der Waals surface area contributed by atoms with Crippen LogP contribution in [0.4, 0.5) is 16.3 Å². The number of aromatic nitrogens is 1. The minimum atomic E-state index is -0.639. The third-order valence-electron chi connectivity index (χ3n) is 5.66. The van der Waals surface area contributed by atoms with Crippen molar-refractivity contribution in [3.8, 4) is 5.69 Å². The first-order chi connectivity index (χ1) is 15.9. The number of pyridine rings is 1. The second-order valence-corrected chi connectivity index (χ2v) is 10.2. The number of hydrogen-bond acceptors (Lipinski definition) is 7. The molecule has 1 aromatic carbocycles. The average molecular weight is 532 g/mol. The third kappa shape index (κ3) is 4.65. The number of nitrogens with one attached hydrogen (secondary N) is 2. The molecule has 0 aliphatic carbocycles. The van der Waals surface area contributed by atoms with Gasteiger partial charge in [-0.25, -0.2) is 4.79 Å². The van der Waals surface area contributed by atoms with E-state index in [0.717, 1.165) is 6.07 Å². The molecule has 3 amide bonds. The van der Waals surface area contributed by atoms with Crippen molar-refractivity contribution in [2.45, 2.75) is 45.3 Å². The Bertz CT molecular complexity index is 1240. The van der Waals surface area contributed by atoms with E-state index in [2.05, 4.69) is 26.6 Å². The second kappa shape index (κ2) is 8.79. The molecule has 1 fully saturated rings. The number of nitrogen functional groups attached to an aromatic ring is 1. The fourth-order valence-corrected chi connectivity index (χ4v) is 4.44. The Hall–Kier alpha value is -3.34. The van der Waals surface area contributed by atoms with E-state index in [1.165, 1.54) is 4.57 Å². The number of likely N-dealkylation sites (tertiary alicyclic amines) is 1.